The van der Waals surface area contributed by atoms with Gasteiger partial charge in [-0.2, -0.15) is 0 Å². The fourth-order valence-corrected chi connectivity index (χ4v) is 2.18. The van der Waals surface area contributed by atoms with Crippen molar-refractivity contribution in [2.24, 2.45) is 0 Å². The molecule has 58 valence electrons. The Hall–Kier alpha value is -0.0400. The number of rotatable bonds is 0. The normalized spacial score (nSPS) is 32.1. The molecule has 0 aromatic rings. The summed E-state index contributed by atoms with van der Waals surface area (Å²) in [5.74, 6) is 0. The van der Waals surface area contributed by atoms with Crippen LogP contribution in [0.4, 0.5) is 0 Å². The number of hydrogen-bond acceptors (Lipinski definition) is 1. The van der Waals surface area contributed by atoms with E-state index in [9.17, 15) is 0 Å². The predicted octanol–water partition coefficient (Wildman–Crippen LogP) is 2.02. The van der Waals surface area contributed by atoms with E-state index in [1.165, 1.54) is 45.1 Å². The molecule has 2 rings (SSSR count). The maximum absolute atomic E-state index is 2.60. The van der Waals surface area contributed by atoms with Crippen LogP contribution in [0.25, 0.3) is 0 Å². The second-order valence-electron chi connectivity index (χ2n) is 3.96. The van der Waals surface area contributed by atoms with E-state index in [1.54, 1.807) is 0 Å². The summed E-state index contributed by atoms with van der Waals surface area (Å²) in [7, 11) is 2.30. The molecule has 1 aliphatic heterocycles. The highest BCUT2D eigenvalue weighted by molar-refractivity contribution is 5.03. The van der Waals surface area contributed by atoms with Crippen LogP contribution in [0.3, 0.4) is 0 Å². The van der Waals surface area contributed by atoms with Crippen molar-refractivity contribution in [3.8, 4) is 0 Å². The molecule has 0 unspecified atom stereocenters. The van der Waals surface area contributed by atoms with Crippen molar-refractivity contribution >= 4 is 0 Å². The van der Waals surface area contributed by atoms with Crippen molar-refractivity contribution in [3.63, 3.8) is 0 Å². The molecule has 1 heterocycles. The van der Waals surface area contributed by atoms with Gasteiger partial charge in [-0.25, -0.2) is 0 Å². The van der Waals surface area contributed by atoms with E-state index in [4.69, 9.17) is 0 Å². The monoisotopic (exact) mass is 139 g/mol. The van der Waals surface area contributed by atoms with Crippen LogP contribution in [0, 0.1) is 0 Å². The fraction of sp³-hybridized carbons (Fsp3) is 1.00. The van der Waals surface area contributed by atoms with Gasteiger partial charge in [0.25, 0.3) is 0 Å². The Morgan fingerprint density at radius 1 is 1.00 bits per heavy atom. The third kappa shape index (κ3) is 0.968. The van der Waals surface area contributed by atoms with Gasteiger partial charge < -0.3 is 4.90 Å². The topological polar surface area (TPSA) is 3.24 Å². The Morgan fingerprint density at radius 2 is 1.80 bits per heavy atom. The highest BCUT2D eigenvalue weighted by Crippen LogP contribution is 2.46. The van der Waals surface area contributed by atoms with E-state index in [2.05, 4.69) is 11.9 Å². The van der Waals surface area contributed by atoms with E-state index in [1.807, 2.05) is 0 Å². The van der Waals surface area contributed by atoms with Crippen LogP contribution in [0.15, 0.2) is 0 Å². The highest BCUT2D eigenvalue weighted by atomic mass is 15.2. The van der Waals surface area contributed by atoms with Crippen molar-refractivity contribution in [1.29, 1.82) is 0 Å². The smallest absolute Gasteiger partial charge is 0.0207 e. The molecule has 1 saturated carbocycles. The van der Waals surface area contributed by atoms with Crippen LogP contribution in [-0.4, -0.2) is 24.0 Å². The van der Waals surface area contributed by atoms with Gasteiger partial charge in [-0.3, -0.25) is 0 Å². The fourth-order valence-electron chi connectivity index (χ4n) is 2.18. The number of likely N-dealkylation sites (tertiary alicyclic amines) is 1. The van der Waals surface area contributed by atoms with Gasteiger partial charge in [0, 0.05) is 5.54 Å². The molecule has 1 spiro atoms. The molecule has 1 heteroatoms. The largest absolute Gasteiger partial charge is 0.301 e. The molecule has 0 amide bonds. The van der Waals surface area contributed by atoms with Gasteiger partial charge in [-0.05, 0) is 39.3 Å². The summed E-state index contributed by atoms with van der Waals surface area (Å²) in [6.07, 6.45) is 8.80. The first-order chi connectivity index (χ1) is 4.83. The number of nitrogens with zero attached hydrogens (tertiary/aromatic N) is 1. The van der Waals surface area contributed by atoms with Crippen molar-refractivity contribution in [3.05, 3.63) is 0 Å². The number of hydrogen-bond donors (Lipinski definition) is 0. The average Bonchev–Trinajstić information content (AvgIpc) is 2.69. The summed E-state index contributed by atoms with van der Waals surface area (Å²) in [6, 6.07) is 0. The molecule has 10 heavy (non-hydrogen) atoms. The zero-order valence-electron chi connectivity index (χ0n) is 6.90. The van der Waals surface area contributed by atoms with Gasteiger partial charge in [-0.15, -0.1) is 0 Å². The summed E-state index contributed by atoms with van der Waals surface area (Å²) in [5, 5.41) is 0. The van der Waals surface area contributed by atoms with Crippen molar-refractivity contribution in [2.45, 2.75) is 44.1 Å². The molecule has 2 aliphatic rings. The summed E-state index contributed by atoms with van der Waals surface area (Å²) >= 11 is 0. The minimum Gasteiger partial charge on any atom is -0.301 e. The van der Waals surface area contributed by atoms with Crippen molar-refractivity contribution < 1.29 is 0 Å². The summed E-state index contributed by atoms with van der Waals surface area (Å²) in [6.45, 7) is 1.35. The molecule has 0 bridgehead atoms. The minimum atomic E-state index is 0.705. The standard InChI is InChI=1S/C9H17N/c1-10-8-4-2-3-5-9(10)6-7-9/h2-8H2,1H3. The first-order valence-electron chi connectivity index (χ1n) is 4.55. The van der Waals surface area contributed by atoms with Crippen molar-refractivity contribution in [2.75, 3.05) is 13.6 Å². The third-order valence-corrected chi connectivity index (χ3v) is 3.27. The Balaban J connectivity index is 2.02. The van der Waals surface area contributed by atoms with Crippen LogP contribution in [0.5, 0.6) is 0 Å². The lowest BCUT2D eigenvalue weighted by molar-refractivity contribution is 0.226. The van der Waals surface area contributed by atoms with Gasteiger partial charge in [0.15, 0.2) is 0 Å². The lowest BCUT2D eigenvalue weighted by atomic mass is 10.1. The third-order valence-electron chi connectivity index (χ3n) is 3.27. The molecule has 1 saturated heterocycles. The summed E-state index contributed by atoms with van der Waals surface area (Å²) < 4.78 is 0. The minimum absolute atomic E-state index is 0.705. The first kappa shape index (κ1) is 6.66. The van der Waals surface area contributed by atoms with E-state index in [-0.39, 0.29) is 0 Å². The predicted molar refractivity (Wildman–Crippen MR) is 43.1 cm³/mol. The second kappa shape index (κ2) is 2.23. The molecule has 0 N–H and O–H groups in total. The van der Waals surface area contributed by atoms with Gasteiger partial charge in [0.1, 0.15) is 0 Å². The molecule has 0 aromatic carbocycles. The van der Waals surface area contributed by atoms with E-state index < -0.39 is 0 Å². The first-order valence-corrected chi connectivity index (χ1v) is 4.55. The SMILES string of the molecule is CN1CCCCCC12CC2. The van der Waals surface area contributed by atoms with Crippen LogP contribution < -0.4 is 0 Å². The molecular weight excluding hydrogens is 122 g/mol. The summed E-state index contributed by atoms with van der Waals surface area (Å²) in [5.41, 5.74) is 0.705. The second-order valence-corrected chi connectivity index (χ2v) is 3.96. The lowest BCUT2D eigenvalue weighted by Gasteiger charge is -2.24. The van der Waals surface area contributed by atoms with Crippen LogP contribution in [-0.2, 0) is 0 Å². The maximum Gasteiger partial charge on any atom is 0.0207 e. The molecule has 0 atom stereocenters. The zero-order valence-corrected chi connectivity index (χ0v) is 6.90. The van der Waals surface area contributed by atoms with E-state index >= 15 is 0 Å². The maximum atomic E-state index is 2.60. The Morgan fingerprint density at radius 3 is 2.50 bits per heavy atom. The molecule has 1 aliphatic carbocycles. The Labute approximate surface area is 63.4 Å². The quantitative estimate of drug-likeness (QED) is 0.496. The molecule has 0 aromatic heterocycles. The highest BCUT2D eigenvalue weighted by Gasteiger charge is 2.45. The van der Waals surface area contributed by atoms with Gasteiger partial charge in [-0.1, -0.05) is 12.8 Å². The van der Waals surface area contributed by atoms with Crippen LogP contribution in [0.1, 0.15) is 38.5 Å². The van der Waals surface area contributed by atoms with Crippen LogP contribution in [0.2, 0.25) is 0 Å². The van der Waals surface area contributed by atoms with Crippen molar-refractivity contribution in [1.82, 2.24) is 4.90 Å². The zero-order chi connectivity index (χ0) is 7.03. The van der Waals surface area contributed by atoms with Gasteiger partial charge >= 0.3 is 0 Å². The Bertz CT molecular complexity index is 127. The van der Waals surface area contributed by atoms with E-state index in [0.29, 0.717) is 5.54 Å². The van der Waals surface area contributed by atoms with Gasteiger partial charge in [0.05, 0.1) is 0 Å². The lowest BCUT2D eigenvalue weighted by Crippen LogP contribution is -2.32. The van der Waals surface area contributed by atoms with Crippen LogP contribution >= 0.6 is 0 Å². The molecule has 2 fully saturated rings. The Kier molecular flexibility index (Phi) is 1.48. The summed E-state index contributed by atoms with van der Waals surface area (Å²) in [4.78, 5) is 2.60. The van der Waals surface area contributed by atoms with Gasteiger partial charge in [0.2, 0.25) is 0 Å². The molecular formula is C9H17N. The average molecular weight is 139 g/mol. The van der Waals surface area contributed by atoms with E-state index in [0.717, 1.165) is 0 Å². The molecule has 1 nitrogen and oxygen atoms in total. The molecule has 0 radical (unpaired) electrons.